The monoisotopic (exact) mass is 360 g/mol. The number of para-hydroxylation sites is 2. The van der Waals surface area contributed by atoms with Crippen LogP contribution >= 0.6 is 23.4 Å². The molecule has 0 aliphatic carbocycles. The minimum atomic E-state index is -0.301. The van der Waals surface area contributed by atoms with Gasteiger partial charge in [-0.3, -0.25) is 4.79 Å². The zero-order valence-corrected chi connectivity index (χ0v) is 14.9. The fourth-order valence-electron chi connectivity index (χ4n) is 2.34. The minimum absolute atomic E-state index is 0.121. The first kappa shape index (κ1) is 16.8. The highest BCUT2D eigenvalue weighted by atomic mass is 35.5. The lowest BCUT2D eigenvalue weighted by molar-refractivity contribution is -0.115. The predicted molar refractivity (Wildman–Crippen MR) is 98.6 cm³/mol. The molecule has 0 spiro atoms. The Morgan fingerprint density at radius 3 is 2.83 bits per heavy atom. The Bertz CT molecular complexity index is 863. The number of carbonyl (C=O) groups is 1. The van der Waals surface area contributed by atoms with Gasteiger partial charge >= 0.3 is 0 Å². The maximum Gasteiger partial charge on any atom is 0.238 e. The summed E-state index contributed by atoms with van der Waals surface area (Å²) in [6.07, 6.45) is 1.51. The first-order valence-electron chi connectivity index (χ1n) is 7.63. The third-order valence-corrected chi connectivity index (χ3v) is 4.88. The topological polar surface area (TPSA) is 59.8 Å². The van der Waals surface area contributed by atoms with Gasteiger partial charge in [-0.2, -0.15) is 0 Å². The summed E-state index contributed by atoms with van der Waals surface area (Å²) in [7, 11) is 0. The SMILES string of the molecule is CCn1c(S[C@H](C)C(=O)Nc2ccc(Cl)cn2)nc2ccccc21. The molecule has 0 fully saturated rings. The number of benzene rings is 1. The molecule has 0 unspecified atom stereocenters. The van der Waals surface area contributed by atoms with E-state index in [0.29, 0.717) is 10.8 Å². The summed E-state index contributed by atoms with van der Waals surface area (Å²) in [6.45, 7) is 4.73. The second kappa shape index (κ2) is 7.23. The number of anilines is 1. The summed E-state index contributed by atoms with van der Waals surface area (Å²) in [6, 6.07) is 11.3. The van der Waals surface area contributed by atoms with Crippen LogP contribution in [0.3, 0.4) is 0 Å². The molecule has 1 atom stereocenters. The first-order chi connectivity index (χ1) is 11.6. The molecule has 5 nitrogen and oxygen atoms in total. The normalized spacial score (nSPS) is 12.3. The average Bonchev–Trinajstić information content (AvgIpc) is 2.93. The van der Waals surface area contributed by atoms with E-state index >= 15 is 0 Å². The zero-order valence-electron chi connectivity index (χ0n) is 13.4. The van der Waals surface area contributed by atoms with E-state index in [-0.39, 0.29) is 11.2 Å². The second-order valence-corrected chi connectivity index (χ2v) is 6.98. The van der Waals surface area contributed by atoms with E-state index in [4.69, 9.17) is 11.6 Å². The van der Waals surface area contributed by atoms with Crippen LogP contribution in [0.25, 0.3) is 11.0 Å². The second-order valence-electron chi connectivity index (χ2n) is 5.24. The Labute approximate surface area is 149 Å². The van der Waals surface area contributed by atoms with E-state index in [1.54, 1.807) is 12.1 Å². The number of hydrogen-bond donors (Lipinski definition) is 1. The number of carbonyl (C=O) groups excluding carboxylic acids is 1. The van der Waals surface area contributed by atoms with Gasteiger partial charge in [0.1, 0.15) is 5.82 Å². The summed E-state index contributed by atoms with van der Waals surface area (Å²) in [5, 5.41) is 3.87. The molecule has 7 heteroatoms. The van der Waals surface area contributed by atoms with E-state index < -0.39 is 0 Å². The molecule has 0 bridgehead atoms. The van der Waals surface area contributed by atoms with E-state index in [9.17, 15) is 4.79 Å². The maximum absolute atomic E-state index is 12.4. The molecule has 2 heterocycles. The van der Waals surface area contributed by atoms with Crippen molar-refractivity contribution in [2.75, 3.05) is 5.32 Å². The highest BCUT2D eigenvalue weighted by Crippen LogP contribution is 2.27. The molecule has 1 aromatic carbocycles. The molecule has 0 radical (unpaired) electrons. The molecule has 0 aliphatic rings. The van der Waals surface area contributed by atoms with E-state index in [1.165, 1.54) is 18.0 Å². The van der Waals surface area contributed by atoms with Crippen molar-refractivity contribution in [1.29, 1.82) is 0 Å². The van der Waals surface area contributed by atoms with Crippen LogP contribution < -0.4 is 5.32 Å². The molecule has 1 N–H and O–H groups in total. The van der Waals surface area contributed by atoms with Crippen molar-refractivity contribution in [2.24, 2.45) is 0 Å². The molecule has 2 aromatic heterocycles. The van der Waals surface area contributed by atoms with E-state index in [1.807, 2.05) is 31.2 Å². The predicted octanol–water partition coefficient (Wildman–Crippen LogP) is 4.22. The Morgan fingerprint density at radius 2 is 2.12 bits per heavy atom. The lowest BCUT2D eigenvalue weighted by Crippen LogP contribution is -2.23. The Kier molecular flexibility index (Phi) is 5.06. The van der Waals surface area contributed by atoms with Crippen LogP contribution in [0.1, 0.15) is 13.8 Å². The lowest BCUT2D eigenvalue weighted by Gasteiger charge is -2.12. The Hall–Kier alpha value is -2.05. The molecule has 3 rings (SSSR count). The number of halogens is 1. The quantitative estimate of drug-likeness (QED) is 0.692. The van der Waals surface area contributed by atoms with Gasteiger partial charge in [0.15, 0.2) is 5.16 Å². The van der Waals surface area contributed by atoms with Crippen LogP contribution in [-0.2, 0) is 11.3 Å². The summed E-state index contributed by atoms with van der Waals surface area (Å²) in [4.78, 5) is 21.1. The van der Waals surface area contributed by atoms with Crippen molar-refractivity contribution in [1.82, 2.24) is 14.5 Å². The van der Waals surface area contributed by atoms with Gasteiger partial charge in [-0.1, -0.05) is 35.5 Å². The molecular weight excluding hydrogens is 344 g/mol. The number of nitrogens with zero attached hydrogens (tertiary/aromatic N) is 3. The molecule has 0 saturated carbocycles. The number of rotatable bonds is 5. The Morgan fingerprint density at radius 1 is 1.33 bits per heavy atom. The standard InChI is InChI=1S/C17H17ClN4OS/c1-3-22-14-7-5-4-6-13(14)20-17(22)24-11(2)16(23)21-15-9-8-12(18)10-19-15/h4-11H,3H2,1-2H3,(H,19,21,23)/t11-/m1/s1. The third-order valence-electron chi connectivity index (χ3n) is 3.57. The highest BCUT2D eigenvalue weighted by Gasteiger charge is 2.19. The van der Waals surface area contributed by atoms with Gasteiger partial charge in [0.25, 0.3) is 0 Å². The molecule has 24 heavy (non-hydrogen) atoms. The van der Waals surface area contributed by atoms with Gasteiger partial charge in [-0.25, -0.2) is 9.97 Å². The summed E-state index contributed by atoms with van der Waals surface area (Å²) >= 11 is 7.24. The van der Waals surface area contributed by atoms with Crippen molar-refractivity contribution >= 4 is 46.1 Å². The number of imidazole rings is 1. The van der Waals surface area contributed by atoms with Gasteiger partial charge in [0, 0.05) is 12.7 Å². The van der Waals surface area contributed by atoms with Crippen molar-refractivity contribution < 1.29 is 4.79 Å². The van der Waals surface area contributed by atoms with Crippen LogP contribution in [0.4, 0.5) is 5.82 Å². The minimum Gasteiger partial charge on any atom is -0.319 e. The van der Waals surface area contributed by atoms with Gasteiger partial charge < -0.3 is 9.88 Å². The average molecular weight is 361 g/mol. The van der Waals surface area contributed by atoms with Crippen molar-refractivity contribution in [3.05, 3.63) is 47.6 Å². The number of aryl methyl sites for hydroxylation is 1. The van der Waals surface area contributed by atoms with Crippen LogP contribution in [-0.4, -0.2) is 25.7 Å². The van der Waals surface area contributed by atoms with Crippen LogP contribution in [0.5, 0.6) is 0 Å². The molecule has 0 aliphatic heterocycles. The van der Waals surface area contributed by atoms with Gasteiger partial charge in [0.05, 0.1) is 21.3 Å². The smallest absolute Gasteiger partial charge is 0.238 e. The number of aromatic nitrogens is 3. The number of fused-ring (bicyclic) bond motifs is 1. The molecule has 0 saturated heterocycles. The number of amides is 1. The van der Waals surface area contributed by atoms with Gasteiger partial charge in [0.2, 0.25) is 5.91 Å². The third kappa shape index (κ3) is 3.55. The Balaban J connectivity index is 1.75. The summed E-state index contributed by atoms with van der Waals surface area (Å²) in [5.74, 6) is 0.366. The number of hydrogen-bond acceptors (Lipinski definition) is 4. The molecule has 3 aromatic rings. The number of pyridine rings is 1. The molecule has 1 amide bonds. The van der Waals surface area contributed by atoms with Crippen molar-refractivity contribution in [3.63, 3.8) is 0 Å². The fraction of sp³-hybridized carbons (Fsp3) is 0.235. The van der Waals surface area contributed by atoms with Crippen molar-refractivity contribution in [3.8, 4) is 0 Å². The first-order valence-corrected chi connectivity index (χ1v) is 8.88. The van der Waals surface area contributed by atoms with Crippen LogP contribution in [0, 0.1) is 0 Å². The van der Waals surface area contributed by atoms with Crippen LogP contribution in [0.2, 0.25) is 5.02 Å². The highest BCUT2D eigenvalue weighted by molar-refractivity contribution is 8.00. The summed E-state index contributed by atoms with van der Waals surface area (Å²) < 4.78 is 2.12. The number of nitrogens with one attached hydrogen (secondary N) is 1. The van der Waals surface area contributed by atoms with Gasteiger partial charge in [-0.05, 0) is 38.1 Å². The zero-order chi connectivity index (χ0) is 17.1. The largest absolute Gasteiger partial charge is 0.319 e. The van der Waals surface area contributed by atoms with E-state index in [2.05, 4.69) is 26.8 Å². The summed E-state index contributed by atoms with van der Waals surface area (Å²) in [5.41, 5.74) is 2.02. The van der Waals surface area contributed by atoms with Crippen molar-refractivity contribution in [2.45, 2.75) is 30.8 Å². The molecule has 124 valence electrons. The fourth-order valence-corrected chi connectivity index (χ4v) is 3.44. The van der Waals surface area contributed by atoms with E-state index in [0.717, 1.165) is 22.7 Å². The van der Waals surface area contributed by atoms with Gasteiger partial charge in [-0.15, -0.1) is 0 Å². The number of thioether (sulfide) groups is 1. The van der Waals surface area contributed by atoms with Crippen LogP contribution in [0.15, 0.2) is 47.8 Å². The molecular formula is C17H17ClN4OS. The maximum atomic E-state index is 12.4. The lowest BCUT2D eigenvalue weighted by atomic mass is 10.3.